The number of aliphatic hydroxyl groups is 1. The van der Waals surface area contributed by atoms with Gasteiger partial charge in [-0.1, -0.05) is 44.9 Å². The van der Waals surface area contributed by atoms with Gasteiger partial charge in [0, 0.05) is 6.20 Å². The predicted octanol–water partition coefficient (Wildman–Crippen LogP) is 3.34. The van der Waals surface area contributed by atoms with Gasteiger partial charge in [0.25, 0.3) is 0 Å². The summed E-state index contributed by atoms with van der Waals surface area (Å²) in [5.41, 5.74) is 1.77. The van der Waals surface area contributed by atoms with Crippen molar-refractivity contribution in [3.8, 4) is 5.69 Å². The Kier molecular flexibility index (Phi) is 4.15. The lowest BCUT2D eigenvalue weighted by Crippen LogP contribution is -2.12. The first-order valence-electron chi connectivity index (χ1n) is 6.55. The number of benzene rings is 1. The number of hydrogen-bond acceptors (Lipinski definition) is 2. The van der Waals surface area contributed by atoms with Crippen molar-refractivity contribution in [2.75, 3.05) is 0 Å². The van der Waals surface area contributed by atoms with Gasteiger partial charge in [0.05, 0.1) is 11.4 Å². The van der Waals surface area contributed by atoms with Gasteiger partial charge in [0.15, 0.2) is 0 Å². The molecule has 0 radical (unpaired) electrons. The lowest BCUT2D eigenvalue weighted by molar-refractivity contribution is 0.0987. The Morgan fingerprint density at radius 3 is 2.39 bits per heavy atom. The van der Waals surface area contributed by atoms with Gasteiger partial charge in [-0.05, 0) is 24.1 Å². The van der Waals surface area contributed by atoms with Gasteiger partial charge in [-0.15, -0.1) is 0 Å². The summed E-state index contributed by atoms with van der Waals surface area (Å²) in [5, 5.41) is 14.7. The van der Waals surface area contributed by atoms with Crippen molar-refractivity contribution >= 4 is 0 Å². The van der Waals surface area contributed by atoms with Gasteiger partial charge >= 0.3 is 0 Å². The Morgan fingerprint density at radius 2 is 1.78 bits per heavy atom. The van der Waals surface area contributed by atoms with Crippen LogP contribution in [0.15, 0.2) is 42.6 Å². The van der Waals surface area contributed by atoms with E-state index in [4.69, 9.17) is 0 Å². The van der Waals surface area contributed by atoms with Crippen LogP contribution in [0.3, 0.4) is 0 Å². The van der Waals surface area contributed by atoms with Crippen LogP contribution in [0.4, 0.5) is 0 Å². The quantitative estimate of drug-likeness (QED) is 0.876. The smallest absolute Gasteiger partial charge is 0.101 e. The minimum Gasteiger partial charge on any atom is -0.386 e. The highest BCUT2D eigenvalue weighted by atomic mass is 16.3. The first-order chi connectivity index (χ1) is 8.76. The third-order valence-electron chi connectivity index (χ3n) is 3.43. The van der Waals surface area contributed by atoms with E-state index in [-0.39, 0.29) is 5.92 Å². The van der Waals surface area contributed by atoms with E-state index < -0.39 is 6.10 Å². The molecular weight excluding hydrogens is 224 g/mol. The van der Waals surface area contributed by atoms with Crippen LogP contribution in [0.1, 0.15) is 38.5 Å². The molecule has 1 heterocycles. The van der Waals surface area contributed by atoms with Crippen molar-refractivity contribution in [1.29, 1.82) is 0 Å². The zero-order valence-electron chi connectivity index (χ0n) is 11.0. The molecule has 1 aromatic heterocycles. The second-order valence-corrected chi connectivity index (χ2v) is 4.54. The molecule has 0 spiro atoms. The number of aromatic nitrogens is 2. The van der Waals surface area contributed by atoms with Gasteiger partial charge in [-0.2, -0.15) is 5.10 Å². The van der Waals surface area contributed by atoms with Crippen LogP contribution in [0.5, 0.6) is 0 Å². The Bertz CT molecular complexity index is 474. The third-order valence-corrected chi connectivity index (χ3v) is 3.43. The lowest BCUT2D eigenvalue weighted by Gasteiger charge is -2.17. The van der Waals surface area contributed by atoms with E-state index in [0.29, 0.717) is 0 Å². The maximum Gasteiger partial charge on any atom is 0.101 e. The number of rotatable bonds is 5. The van der Waals surface area contributed by atoms with Crippen molar-refractivity contribution in [3.63, 3.8) is 0 Å². The van der Waals surface area contributed by atoms with Crippen LogP contribution in [0.2, 0.25) is 0 Å². The van der Waals surface area contributed by atoms with Crippen molar-refractivity contribution < 1.29 is 5.11 Å². The third kappa shape index (κ3) is 2.62. The van der Waals surface area contributed by atoms with Gasteiger partial charge in [-0.3, -0.25) is 0 Å². The molecule has 3 nitrogen and oxygen atoms in total. The number of hydrogen-bond donors (Lipinski definition) is 1. The van der Waals surface area contributed by atoms with Crippen molar-refractivity contribution in [1.82, 2.24) is 9.78 Å². The molecule has 0 saturated heterocycles. The number of aliphatic hydroxyl groups excluding tert-OH is 1. The maximum atomic E-state index is 10.3. The van der Waals surface area contributed by atoms with E-state index >= 15 is 0 Å². The van der Waals surface area contributed by atoms with E-state index in [0.717, 1.165) is 24.2 Å². The SMILES string of the molecule is CCC(CC)C(O)c1ccn(-c2ccccc2)n1. The summed E-state index contributed by atoms with van der Waals surface area (Å²) < 4.78 is 1.81. The normalized spacial score (nSPS) is 12.9. The first kappa shape index (κ1) is 12.8. The minimum atomic E-state index is -0.468. The van der Waals surface area contributed by atoms with E-state index in [2.05, 4.69) is 18.9 Å². The van der Waals surface area contributed by atoms with Crippen LogP contribution < -0.4 is 0 Å². The van der Waals surface area contributed by atoms with Crippen molar-refractivity contribution in [3.05, 3.63) is 48.3 Å². The molecular formula is C15H20N2O. The summed E-state index contributed by atoms with van der Waals surface area (Å²) in [4.78, 5) is 0. The van der Waals surface area contributed by atoms with Gasteiger partial charge < -0.3 is 5.11 Å². The molecule has 0 aliphatic heterocycles. The molecule has 18 heavy (non-hydrogen) atoms. The largest absolute Gasteiger partial charge is 0.386 e. The maximum absolute atomic E-state index is 10.3. The Morgan fingerprint density at radius 1 is 1.11 bits per heavy atom. The molecule has 2 rings (SSSR count). The molecule has 0 saturated carbocycles. The minimum absolute atomic E-state index is 0.282. The topological polar surface area (TPSA) is 38.0 Å². The van der Waals surface area contributed by atoms with Crippen LogP contribution in [0.25, 0.3) is 5.69 Å². The highest BCUT2D eigenvalue weighted by Gasteiger charge is 2.19. The highest BCUT2D eigenvalue weighted by Crippen LogP contribution is 2.26. The van der Waals surface area contributed by atoms with E-state index in [1.807, 2.05) is 42.6 Å². The molecule has 0 bridgehead atoms. The molecule has 1 N–H and O–H groups in total. The summed E-state index contributed by atoms with van der Waals surface area (Å²) >= 11 is 0. The second kappa shape index (κ2) is 5.83. The van der Waals surface area contributed by atoms with Crippen LogP contribution in [-0.4, -0.2) is 14.9 Å². The van der Waals surface area contributed by atoms with Gasteiger partial charge in [0.1, 0.15) is 6.10 Å². The fourth-order valence-electron chi connectivity index (χ4n) is 2.20. The second-order valence-electron chi connectivity index (χ2n) is 4.54. The van der Waals surface area contributed by atoms with E-state index in [9.17, 15) is 5.11 Å². The summed E-state index contributed by atoms with van der Waals surface area (Å²) in [6.45, 7) is 4.21. The predicted molar refractivity (Wildman–Crippen MR) is 72.6 cm³/mol. The monoisotopic (exact) mass is 244 g/mol. The highest BCUT2D eigenvalue weighted by molar-refractivity contribution is 5.30. The molecule has 2 aromatic rings. The average Bonchev–Trinajstić information content (AvgIpc) is 2.90. The fourth-order valence-corrected chi connectivity index (χ4v) is 2.20. The van der Waals surface area contributed by atoms with Crippen molar-refractivity contribution in [2.45, 2.75) is 32.8 Å². The molecule has 1 atom stereocenters. The fraction of sp³-hybridized carbons (Fsp3) is 0.400. The molecule has 0 aliphatic rings. The van der Waals surface area contributed by atoms with Crippen LogP contribution in [0, 0.1) is 5.92 Å². The Labute approximate surface area is 108 Å². The van der Waals surface area contributed by atoms with Crippen molar-refractivity contribution in [2.24, 2.45) is 5.92 Å². The molecule has 1 aromatic carbocycles. The summed E-state index contributed by atoms with van der Waals surface area (Å²) in [6.07, 6.45) is 3.37. The molecule has 0 aliphatic carbocycles. The number of para-hydroxylation sites is 1. The van der Waals surface area contributed by atoms with E-state index in [1.165, 1.54) is 0 Å². The zero-order valence-corrected chi connectivity index (χ0v) is 11.0. The molecule has 96 valence electrons. The molecule has 1 unspecified atom stereocenters. The number of nitrogens with zero attached hydrogens (tertiary/aromatic N) is 2. The lowest BCUT2D eigenvalue weighted by atomic mass is 9.95. The molecule has 0 amide bonds. The molecule has 0 fully saturated rings. The summed E-state index contributed by atoms with van der Waals surface area (Å²) in [5.74, 6) is 0.282. The van der Waals surface area contributed by atoms with Crippen LogP contribution in [-0.2, 0) is 0 Å². The summed E-state index contributed by atoms with van der Waals surface area (Å²) in [6, 6.07) is 11.8. The standard InChI is InChI=1S/C15H20N2O/c1-3-12(4-2)15(18)14-10-11-17(16-14)13-8-6-5-7-9-13/h5-12,15,18H,3-4H2,1-2H3. The van der Waals surface area contributed by atoms with Gasteiger partial charge in [0.2, 0.25) is 0 Å². The Balaban J connectivity index is 2.20. The zero-order chi connectivity index (χ0) is 13.0. The average molecular weight is 244 g/mol. The van der Waals surface area contributed by atoms with E-state index in [1.54, 1.807) is 4.68 Å². The summed E-state index contributed by atoms with van der Waals surface area (Å²) in [7, 11) is 0. The van der Waals surface area contributed by atoms with Crippen LogP contribution >= 0.6 is 0 Å². The molecule has 3 heteroatoms. The Hall–Kier alpha value is -1.61. The first-order valence-corrected chi connectivity index (χ1v) is 6.55. The van der Waals surface area contributed by atoms with Gasteiger partial charge in [-0.25, -0.2) is 4.68 Å².